The number of hydrogen-bond donors (Lipinski definition) is 0. The van der Waals surface area contributed by atoms with E-state index in [1.165, 1.54) is 0 Å². The monoisotopic (exact) mass is 670 g/mol. The van der Waals surface area contributed by atoms with Gasteiger partial charge in [-0.2, -0.15) is 0 Å². The standard InChI is InChI=1S/C30H62O12Si2/c1-29(2,3)43(7,8)41-27(31)25-39-23-21-37-19-17-35-15-13-33-11-12-34-14-16-36-18-20-38-22-24-40-26-28(32)42-44(9,10)30(4,5)6/h11-26H2,1-10H3. The molecule has 0 amide bonds. The van der Waals surface area contributed by atoms with Gasteiger partial charge in [-0.1, -0.05) is 41.5 Å². The molecule has 0 heterocycles. The van der Waals surface area contributed by atoms with Crippen LogP contribution >= 0.6 is 0 Å². The molecular formula is C30H62O12Si2. The van der Waals surface area contributed by atoms with Gasteiger partial charge in [-0.25, -0.2) is 0 Å². The molecule has 0 radical (unpaired) electrons. The molecule has 0 rings (SSSR count). The van der Waals surface area contributed by atoms with E-state index in [-0.39, 0.29) is 35.2 Å². The van der Waals surface area contributed by atoms with Gasteiger partial charge in [0, 0.05) is 0 Å². The molecule has 0 spiro atoms. The average Bonchev–Trinajstić information content (AvgIpc) is 2.89. The largest absolute Gasteiger partial charge is 0.517 e. The maximum atomic E-state index is 12.0. The van der Waals surface area contributed by atoms with Gasteiger partial charge in [0.15, 0.2) is 0 Å². The van der Waals surface area contributed by atoms with Crippen LogP contribution in [0.2, 0.25) is 36.3 Å². The molecule has 0 saturated heterocycles. The Hall–Kier alpha value is -0.946. The van der Waals surface area contributed by atoms with Crippen LogP contribution in [0.15, 0.2) is 0 Å². The van der Waals surface area contributed by atoms with Crippen molar-refractivity contribution >= 4 is 28.6 Å². The van der Waals surface area contributed by atoms with E-state index in [9.17, 15) is 9.59 Å². The van der Waals surface area contributed by atoms with Crippen LogP contribution in [0.1, 0.15) is 41.5 Å². The van der Waals surface area contributed by atoms with Crippen LogP contribution in [0.4, 0.5) is 0 Å². The van der Waals surface area contributed by atoms with Crippen molar-refractivity contribution < 1.29 is 56.3 Å². The number of carbonyl (C=O) groups excluding carboxylic acids is 2. The third kappa shape index (κ3) is 22.5. The van der Waals surface area contributed by atoms with Crippen molar-refractivity contribution in [3.05, 3.63) is 0 Å². The highest BCUT2D eigenvalue weighted by Gasteiger charge is 2.41. The van der Waals surface area contributed by atoms with Gasteiger partial charge < -0.3 is 46.7 Å². The van der Waals surface area contributed by atoms with Crippen LogP contribution < -0.4 is 0 Å². The second kappa shape index (κ2) is 23.4. The first-order chi connectivity index (χ1) is 20.5. The molecule has 0 N–H and O–H groups in total. The Labute approximate surface area is 268 Å². The molecule has 0 aromatic heterocycles. The second-order valence-electron chi connectivity index (χ2n) is 13.2. The fourth-order valence-corrected chi connectivity index (χ4v) is 4.55. The Bertz CT molecular complexity index is 689. The minimum absolute atomic E-state index is 0.0252. The number of hydrogen-bond acceptors (Lipinski definition) is 12. The van der Waals surface area contributed by atoms with E-state index >= 15 is 0 Å². The first kappa shape index (κ1) is 43.1. The third-order valence-corrected chi connectivity index (χ3v) is 16.1. The quantitative estimate of drug-likeness (QED) is 0.0918. The fourth-order valence-electron chi connectivity index (χ4n) is 2.68. The van der Waals surface area contributed by atoms with Gasteiger partial charge >= 0.3 is 11.9 Å². The number of rotatable bonds is 27. The van der Waals surface area contributed by atoms with Crippen molar-refractivity contribution in [1.29, 1.82) is 0 Å². The van der Waals surface area contributed by atoms with Crippen LogP contribution in [0.25, 0.3) is 0 Å². The molecule has 0 saturated carbocycles. The smallest absolute Gasteiger partial charge is 0.318 e. The molecule has 0 aromatic rings. The Kier molecular flexibility index (Phi) is 22.9. The zero-order valence-electron chi connectivity index (χ0n) is 29.2. The minimum atomic E-state index is -2.11. The van der Waals surface area contributed by atoms with Crippen molar-refractivity contribution in [2.45, 2.75) is 77.8 Å². The van der Waals surface area contributed by atoms with Gasteiger partial charge in [-0.15, -0.1) is 0 Å². The van der Waals surface area contributed by atoms with Crippen LogP contribution in [0, 0.1) is 0 Å². The molecule has 0 bridgehead atoms. The molecule has 0 atom stereocenters. The molecule has 262 valence electrons. The summed E-state index contributed by atoms with van der Waals surface area (Å²) < 4.78 is 54.7. The Morgan fingerprint density at radius 2 is 0.568 bits per heavy atom. The van der Waals surface area contributed by atoms with E-state index in [4.69, 9.17) is 46.7 Å². The topological polar surface area (TPSA) is 126 Å². The van der Waals surface area contributed by atoms with Crippen molar-refractivity contribution in [3.63, 3.8) is 0 Å². The molecule has 0 aliphatic rings. The van der Waals surface area contributed by atoms with Crippen LogP contribution in [0.3, 0.4) is 0 Å². The van der Waals surface area contributed by atoms with Crippen molar-refractivity contribution in [2.24, 2.45) is 0 Å². The summed E-state index contributed by atoms with van der Waals surface area (Å²) in [5, 5.41) is -0.0503. The summed E-state index contributed by atoms with van der Waals surface area (Å²) in [5.41, 5.74) is 0. The lowest BCUT2D eigenvalue weighted by Gasteiger charge is -2.35. The Morgan fingerprint density at radius 1 is 0.386 bits per heavy atom. The van der Waals surface area contributed by atoms with Gasteiger partial charge in [0.1, 0.15) is 13.2 Å². The lowest BCUT2D eigenvalue weighted by atomic mass is 10.2. The molecular weight excluding hydrogens is 608 g/mol. The summed E-state index contributed by atoms with van der Waals surface area (Å²) in [4.78, 5) is 23.9. The zero-order valence-corrected chi connectivity index (χ0v) is 31.2. The third-order valence-electron chi connectivity index (χ3n) is 7.39. The molecule has 14 heteroatoms. The van der Waals surface area contributed by atoms with Crippen molar-refractivity contribution in [2.75, 3.05) is 106 Å². The molecule has 12 nitrogen and oxygen atoms in total. The summed E-state index contributed by atoms with van der Waals surface area (Å²) >= 11 is 0. The normalized spacial score (nSPS) is 12.9. The Morgan fingerprint density at radius 3 is 0.750 bits per heavy atom. The van der Waals surface area contributed by atoms with Crippen molar-refractivity contribution in [1.82, 2.24) is 0 Å². The van der Waals surface area contributed by atoms with Gasteiger partial charge in [0.05, 0.1) is 92.5 Å². The highest BCUT2D eigenvalue weighted by atomic mass is 28.4. The van der Waals surface area contributed by atoms with Crippen LogP contribution in [0.5, 0.6) is 0 Å². The lowest BCUT2D eigenvalue weighted by molar-refractivity contribution is -0.142. The summed E-state index contributed by atoms with van der Waals surface area (Å²) in [6.07, 6.45) is 0. The van der Waals surface area contributed by atoms with E-state index in [2.05, 4.69) is 41.5 Å². The summed E-state index contributed by atoms with van der Waals surface area (Å²) in [6, 6.07) is 0. The molecule has 0 aliphatic heterocycles. The first-order valence-corrected chi connectivity index (χ1v) is 21.4. The number of ether oxygens (including phenoxy) is 8. The van der Waals surface area contributed by atoms with E-state index in [0.29, 0.717) is 92.5 Å². The van der Waals surface area contributed by atoms with E-state index in [1.807, 2.05) is 26.2 Å². The SMILES string of the molecule is CC(C)(C)[Si](C)(C)OC(=O)COCCOCCOCCOCCOCCOCCOCCOCC(=O)O[Si](C)(C)C(C)(C)C. The number of carbonyl (C=O) groups is 2. The van der Waals surface area contributed by atoms with Gasteiger partial charge in [-0.05, 0) is 36.3 Å². The molecule has 44 heavy (non-hydrogen) atoms. The summed E-state index contributed by atoms with van der Waals surface area (Å²) in [7, 11) is -4.22. The molecule has 0 aromatic carbocycles. The lowest BCUT2D eigenvalue weighted by Crippen LogP contribution is -2.43. The van der Waals surface area contributed by atoms with E-state index in [0.717, 1.165) is 0 Å². The summed E-state index contributed by atoms with van der Waals surface area (Å²) in [6.45, 7) is 26.5. The van der Waals surface area contributed by atoms with Crippen LogP contribution in [-0.4, -0.2) is 134 Å². The zero-order chi connectivity index (χ0) is 33.5. The average molecular weight is 671 g/mol. The van der Waals surface area contributed by atoms with E-state index < -0.39 is 16.6 Å². The first-order valence-electron chi connectivity index (χ1n) is 15.6. The van der Waals surface area contributed by atoms with Gasteiger partial charge in [-0.3, -0.25) is 9.59 Å². The summed E-state index contributed by atoms with van der Waals surface area (Å²) in [5.74, 6) is -0.642. The second-order valence-corrected chi connectivity index (χ2v) is 22.7. The minimum Gasteiger partial charge on any atom is -0.517 e. The van der Waals surface area contributed by atoms with E-state index in [1.54, 1.807) is 0 Å². The maximum Gasteiger partial charge on any atom is 0.318 e. The van der Waals surface area contributed by atoms with Gasteiger partial charge in [0.2, 0.25) is 0 Å². The predicted molar refractivity (Wildman–Crippen MR) is 173 cm³/mol. The molecule has 0 fully saturated rings. The molecule has 0 unspecified atom stereocenters. The highest BCUT2D eigenvalue weighted by molar-refractivity contribution is 6.75. The van der Waals surface area contributed by atoms with Crippen LogP contribution in [-0.2, 0) is 56.3 Å². The van der Waals surface area contributed by atoms with Gasteiger partial charge in [0.25, 0.3) is 16.6 Å². The Balaban J connectivity index is 3.35. The molecule has 0 aliphatic carbocycles. The predicted octanol–water partition coefficient (Wildman–Crippen LogP) is 4.22. The fraction of sp³-hybridized carbons (Fsp3) is 0.933. The van der Waals surface area contributed by atoms with Crippen molar-refractivity contribution in [3.8, 4) is 0 Å². The maximum absolute atomic E-state index is 12.0. The highest BCUT2D eigenvalue weighted by Crippen LogP contribution is 2.37.